The molecular formula is C22H35N3O2. The number of hydrogen-bond donors (Lipinski definition) is 3. The molecular weight excluding hydrogens is 338 g/mol. The van der Waals surface area contributed by atoms with Gasteiger partial charge in [-0.3, -0.25) is 4.79 Å². The summed E-state index contributed by atoms with van der Waals surface area (Å²) in [6, 6.07) is 10.3. The molecule has 3 atom stereocenters. The fourth-order valence-corrected chi connectivity index (χ4v) is 3.68. The molecule has 3 unspecified atom stereocenters. The number of urea groups is 1. The van der Waals surface area contributed by atoms with Crippen LogP contribution in [0.4, 0.5) is 4.79 Å². The standard InChI is InChI=1S/C22H35N3O2/c1-15(2)23-20(26)17-10-9-13-19(14-17)25-21(27)24-16(3)22(4,5)18-11-7-6-8-12-18/h6-8,11-12,15-17,19H,9-10,13-14H2,1-5H3,(H,23,26)(H2,24,25,27). The molecule has 1 aliphatic carbocycles. The van der Waals surface area contributed by atoms with Crippen LogP contribution in [0.25, 0.3) is 0 Å². The second-order valence-electron chi connectivity index (χ2n) is 8.65. The van der Waals surface area contributed by atoms with Gasteiger partial charge in [0, 0.05) is 29.5 Å². The molecule has 0 radical (unpaired) electrons. The predicted octanol–water partition coefficient (Wildman–Crippen LogP) is 3.74. The van der Waals surface area contributed by atoms with Gasteiger partial charge in [0.15, 0.2) is 0 Å². The number of benzene rings is 1. The molecule has 2 rings (SSSR count). The van der Waals surface area contributed by atoms with Crippen molar-refractivity contribution in [2.45, 2.75) is 83.8 Å². The van der Waals surface area contributed by atoms with Crippen LogP contribution in [0.15, 0.2) is 30.3 Å². The summed E-state index contributed by atoms with van der Waals surface area (Å²) in [7, 11) is 0. The minimum atomic E-state index is -0.176. The van der Waals surface area contributed by atoms with Gasteiger partial charge in [-0.2, -0.15) is 0 Å². The quantitative estimate of drug-likeness (QED) is 0.711. The van der Waals surface area contributed by atoms with Crippen LogP contribution in [0.3, 0.4) is 0 Å². The Hall–Kier alpha value is -2.04. The number of hydrogen-bond acceptors (Lipinski definition) is 2. The molecule has 0 aliphatic heterocycles. The van der Waals surface area contributed by atoms with Crippen LogP contribution in [0.1, 0.15) is 65.9 Å². The van der Waals surface area contributed by atoms with Gasteiger partial charge in [0.1, 0.15) is 0 Å². The van der Waals surface area contributed by atoms with Crippen LogP contribution < -0.4 is 16.0 Å². The van der Waals surface area contributed by atoms with Crippen LogP contribution in [0.5, 0.6) is 0 Å². The van der Waals surface area contributed by atoms with Crippen LogP contribution >= 0.6 is 0 Å². The molecule has 0 spiro atoms. The third kappa shape index (κ3) is 5.98. The van der Waals surface area contributed by atoms with Gasteiger partial charge in [-0.15, -0.1) is 0 Å². The van der Waals surface area contributed by atoms with Gasteiger partial charge in [-0.1, -0.05) is 50.6 Å². The number of amides is 3. The molecule has 0 aromatic heterocycles. The van der Waals surface area contributed by atoms with E-state index in [0.717, 1.165) is 19.3 Å². The minimum absolute atomic E-state index is 0.00960. The van der Waals surface area contributed by atoms with Gasteiger partial charge in [-0.25, -0.2) is 4.79 Å². The highest BCUT2D eigenvalue weighted by atomic mass is 16.2. The van der Waals surface area contributed by atoms with Crippen molar-refractivity contribution in [2.24, 2.45) is 5.92 Å². The smallest absolute Gasteiger partial charge is 0.315 e. The molecule has 0 heterocycles. The van der Waals surface area contributed by atoms with E-state index in [-0.39, 0.29) is 41.4 Å². The molecule has 1 aromatic carbocycles. The minimum Gasteiger partial charge on any atom is -0.354 e. The Kier molecular flexibility index (Phi) is 7.28. The molecule has 3 N–H and O–H groups in total. The van der Waals surface area contributed by atoms with Gasteiger partial charge in [0.25, 0.3) is 0 Å². The third-order valence-corrected chi connectivity index (χ3v) is 5.76. The van der Waals surface area contributed by atoms with Gasteiger partial charge >= 0.3 is 6.03 Å². The molecule has 150 valence electrons. The Morgan fingerprint density at radius 1 is 1.04 bits per heavy atom. The Balaban J connectivity index is 1.88. The highest BCUT2D eigenvalue weighted by Crippen LogP contribution is 2.27. The van der Waals surface area contributed by atoms with Gasteiger partial charge in [-0.05, 0) is 45.6 Å². The van der Waals surface area contributed by atoms with E-state index >= 15 is 0 Å². The second-order valence-corrected chi connectivity index (χ2v) is 8.65. The summed E-state index contributed by atoms with van der Waals surface area (Å²) in [5.41, 5.74) is 1.02. The van der Waals surface area contributed by atoms with Crippen molar-refractivity contribution >= 4 is 11.9 Å². The van der Waals surface area contributed by atoms with Crippen LogP contribution in [0, 0.1) is 5.92 Å². The lowest BCUT2D eigenvalue weighted by Gasteiger charge is -2.34. The monoisotopic (exact) mass is 373 g/mol. The van der Waals surface area contributed by atoms with Crippen molar-refractivity contribution in [3.8, 4) is 0 Å². The van der Waals surface area contributed by atoms with Gasteiger partial charge in [0.05, 0.1) is 0 Å². The summed E-state index contributed by atoms with van der Waals surface area (Å²) in [6.07, 6.45) is 3.50. The van der Waals surface area contributed by atoms with E-state index in [2.05, 4.69) is 41.9 Å². The van der Waals surface area contributed by atoms with Crippen molar-refractivity contribution < 1.29 is 9.59 Å². The van der Waals surface area contributed by atoms with E-state index < -0.39 is 0 Å². The van der Waals surface area contributed by atoms with Crippen molar-refractivity contribution in [3.63, 3.8) is 0 Å². The Morgan fingerprint density at radius 3 is 2.33 bits per heavy atom. The number of carbonyl (C=O) groups is 2. The second kappa shape index (κ2) is 9.25. The molecule has 1 aromatic rings. The highest BCUT2D eigenvalue weighted by molar-refractivity contribution is 5.79. The lowest BCUT2D eigenvalue weighted by atomic mass is 9.78. The number of rotatable bonds is 6. The lowest BCUT2D eigenvalue weighted by molar-refractivity contribution is -0.126. The summed E-state index contributed by atoms with van der Waals surface area (Å²) in [6.45, 7) is 10.3. The van der Waals surface area contributed by atoms with Gasteiger partial charge in [0.2, 0.25) is 5.91 Å². The maximum Gasteiger partial charge on any atom is 0.315 e. The first kappa shape index (κ1) is 21.3. The molecule has 1 fully saturated rings. The third-order valence-electron chi connectivity index (χ3n) is 5.76. The average Bonchev–Trinajstić information content (AvgIpc) is 2.62. The van der Waals surface area contributed by atoms with E-state index in [9.17, 15) is 9.59 Å². The summed E-state index contributed by atoms with van der Waals surface area (Å²) < 4.78 is 0. The molecule has 1 saturated carbocycles. The highest BCUT2D eigenvalue weighted by Gasteiger charge is 2.31. The van der Waals surface area contributed by atoms with Gasteiger partial charge < -0.3 is 16.0 Å². The average molecular weight is 374 g/mol. The van der Waals surface area contributed by atoms with Crippen LogP contribution in [-0.4, -0.2) is 30.1 Å². The van der Waals surface area contributed by atoms with E-state index in [1.807, 2.05) is 39.0 Å². The topological polar surface area (TPSA) is 70.2 Å². The Labute approximate surface area is 163 Å². The first-order chi connectivity index (χ1) is 12.7. The molecule has 27 heavy (non-hydrogen) atoms. The van der Waals surface area contributed by atoms with Crippen LogP contribution in [0.2, 0.25) is 0 Å². The van der Waals surface area contributed by atoms with Crippen molar-refractivity contribution in [1.29, 1.82) is 0 Å². The SMILES string of the molecule is CC(C)NC(=O)C1CCCC(NC(=O)NC(C)C(C)(C)c2ccccc2)C1. The number of nitrogens with one attached hydrogen (secondary N) is 3. The molecule has 0 saturated heterocycles. The molecule has 0 bridgehead atoms. The first-order valence-electron chi connectivity index (χ1n) is 10.1. The number of carbonyl (C=O) groups excluding carboxylic acids is 2. The summed E-state index contributed by atoms with van der Waals surface area (Å²) in [5, 5.41) is 9.16. The fourth-order valence-electron chi connectivity index (χ4n) is 3.68. The Morgan fingerprint density at radius 2 is 1.70 bits per heavy atom. The molecule has 5 nitrogen and oxygen atoms in total. The zero-order chi connectivity index (χ0) is 20.0. The zero-order valence-corrected chi connectivity index (χ0v) is 17.3. The van der Waals surface area contributed by atoms with E-state index in [1.165, 1.54) is 5.56 Å². The summed E-state index contributed by atoms with van der Waals surface area (Å²) in [4.78, 5) is 24.8. The predicted molar refractivity (Wildman–Crippen MR) is 110 cm³/mol. The van der Waals surface area contributed by atoms with Crippen molar-refractivity contribution in [2.75, 3.05) is 0 Å². The summed E-state index contributed by atoms with van der Waals surface area (Å²) >= 11 is 0. The zero-order valence-electron chi connectivity index (χ0n) is 17.3. The normalized spacial score (nSPS) is 21.4. The van der Waals surface area contributed by atoms with E-state index in [0.29, 0.717) is 6.42 Å². The van der Waals surface area contributed by atoms with E-state index in [1.54, 1.807) is 0 Å². The Bertz CT molecular complexity index is 628. The molecule has 1 aliphatic rings. The molecule has 5 heteroatoms. The first-order valence-corrected chi connectivity index (χ1v) is 10.1. The van der Waals surface area contributed by atoms with Crippen molar-refractivity contribution in [1.82, 2.24) is 16.0 Å². The molecule has 3 amide bonds. The van der Waals surface area contributed by atoms with E-state index in [4.69, 9.17) is 0 Å². The lowest BCUT2D eigenvalue weighted by Crippen LogP contribution is -2.52. The largest absolute Gasteiger partial charge is 0.354 e. The summed E-state index contributed by atoms with van der Waals surface area (Å²) in [5.74, 6) is 0.0973. The van der Waals surface area contributed by atoms with Crippen molar-refractivity contribution in [3.05, 3.63) is 35.9 Å². The maximum absolute atomic E-state index is 12.5. The van der Waals surface area contributed by atoms with Crippen LogP contribution in [-0.2, 0) is 10.2 Å². The fraction of sp³-hybridized carbons (Fsp3) is 0.636. The maximum atomic E-state index is 12.5.